The Morgan fingerprint density at radius 2 is 1.83 bits per heavy atom. The fourth-order valence-corrected chi connectivity index (χ4v) is 2.76. The number of amides is 2. The van der Waals surface area contributed by atoms with Crippen LogP contribution in [0.4, 0.5) is 0 Å². The van der Waals surface area contributed by atoms with Crippen molar-refractivity contribution < 1.29 is 9.59 Å². The molecule has 0 aromatic rings. The smallest absolute Gasteiger partial charge is 0.221 e. The topological polar surface area (TPSA) is 85.8 Å². The molecule has 0 spiro atoms. The number of carbonyl (C=O) groups excluding carboxylic acids is 2. The maximum atomic E-state index is 11.6. The lowest BCUT2D eigenvalue weighted by Crippen LogP contribution is -2.46. The molecule has 0 unspecified atom stereocenters. The second-order valence-electron chi connectivity index (χ2n) is 6.14. The van der Waals surface area contributed by atoms with Gasteiger partial charge in [-0.1, -0.05) is 6.92 Å². The van der Waals surface area contributed by atoms with Gasteiger partial charge in [0.15, 0.2) is 5.96 Å². The number of guanidine groups is 1. The molecule has 2 amide bonds. The average Bonchev–Trinajstić information content (AvgIpc) is 2.59. The van der Waals surface area contributed by atoms with Crippen molar-refractivity contribution in [2.45, 2.75) is 46.0 Å². The van der Waals surface area contributed by atoms with Crippen LogP contribution in [0.15, 0.2) is 4.99 Å². The van der Waals surface area contributed by atoms with E-state index in [4.69, 9.17) is 0 Å². The van der Waals surface area contributed by atoms with Crippen molar-refractivity contribution in [2.75, 3.05) is 39.8 Å². The first-order valence-corrected chi connectivity index (χ1v) is 9.11. The maximum Gasteiger partial charge on any atom is 0.221 e. The quantitative estimate of drug-likeness (QED) is 0.449. The van der Waals surface area contributed by atoms with Gasteiger partial charge >= 0.3 is 0 Å². The van der Waals surface area contributed by atoms with Gasteiger partial charge < -0.3 is 20.9 Å². The summed E-state index contributed by atoms with van der Waals surface area (Å²) in [5.74, 6) is 1.50. The Balaban J connectivity index is 2.43. The molecule has 7 nitrogen and oxygen atoms in total. The molecule has 1 saturated heterocycles. The van der Waals surface area contributed by atoms with Crippen LogP contribution in [0.5, 0.6) is 0 Å². The van der Waals surface area contributed by atoms with Gasteiger partial charge in [-0.25, -0.2) is 0 Å². The van der Waals surface area contributed by atoms with Gasteiger partial charge in [0.05, 0.1) is 6.54 Å². The normalized spacial score (nSPS) is 16.0. The number of hydrogen-bond donors (Lipinski definition) is 3. The number of carbonyl (C=O) groups is 2. The van der Waals surface area contributed by atoms with Crippen molar-refractivity contribution in [1.82, 2.24) is 20.9 Å². The van der Waals surface area contributed by atoms with Crippen LogP contribution in [0.2, 0.25) is 0 Å². The lowest BCUT2D eigenvalue weighted by molar-refractivity contribution is -0.122. The molecule has 0 saturated carbocycles. The van der Waals surface area contributed by atoms with Crippen molar-refractivity contribution in [3.8, 4) is 0 Å². The summed E-state index contributed by atoms with van der Waals surface area (Å²) in [7, 11) is 1.68. The largest absolute Gasteiger partial charge is 0.359 e. The molecule has 1 aliphatic rings. The van der Waals surface area contributed by atoms with Gasteiger partial charge in [-0.05, 0) is 32.1 Å². The maximum absolute atomic E-state index is 11.6. The van der Waals surface area contributed by atoms with E-state index in [0.29, 0.717) is 25.3 Å². The van der Waals surface area contributed by atoms with Crippen LogP contribution < -0.4 is 16.0 Å². The third-order valence-electron chi connectivity index (χ3n) is 4.17. The number of hydrogen-bond acceptors (Lipinski definition) is 3. The Bertz CT molecular complexity index is 417. The van der Waals surface area contributed by atoms with Crippen LogP contribution in [0, 0.1) is 5.92 Å². The molecule has 0 aromatic heterocycles. The molecule has 0 atom stereocenters. The number of piperidine rings is 1. The van der Waals surface area contributed by atoms with Crippen LogP contribution in [-0.2, 0) is 9.59 Å². The number of nitrogens with zero attached hydrogens (tertiary/aromatic N) is 2. The van der Waals surface area contributed by atoms with Crippen LogP contribution in [0.3, 0.4) is 0 Å². The van der Waals surface area contributed by atoms with Gasteiger partial charge in [0.1, 0.15) is 0 Å². The molecule has 1 rings (SSSR count). The average molecular weight is 339 g/mol. The Morgan fingerprint density at radius 1 is 1.12 bits per heavy atom. The van der Waals surface area contributed by atoms with E-state index in [1.54, 1.807) is 7.05 Å². The fraction of sp³-hybridized carbons (Fsp3) is 0.824. The minimum Gasteiger partial charge on any atom is -0.359 e. The van der Waals surface area contributed by atoms with Gasteiger partial charge in [-0.3, -0.25) is 14.6 Å². The SMILES string of the molecule is CCCNC(=O)CCN=C(NCC)N1CCC(CC(=O)NC)CC1. The lowest BCUT2D eigenvalue weighted by atomic mass is 9.93. The molecular weight excluding hydrogens is 306 g/mol. The van der Waals surface area contributed by atoms with E-state index in [2.05, 4.69) is 25.8 Å². The molecule has 0 aliphatic carbocycles. The van der Waals surface area contributed by atoms with Crippen LogP contribution in [0.1, 0.15) is 46.0 Å². The number of rotatable bonds is 8. The van der Waals surface area contributed by atoms with Crippen molar-refractivity contribution in [1.29, 1.82) is 0 Å². The Hall–Kier alpha value is -1.79. The second kappa shape index (κ2) is 11.7. The summed E-state index contributed by atoms with van der Waals surface area (Å²) in [6, 6.07) is 0. The first-order valence-electron chi connectivity index (χ1n) is 9.11. The molecule has 1 heterocycles. The van der Waals surface area contributed by atoms with Crippen LogP contribution in [0.25, 0.3) is 0 Å². The third-order valence-corrected chi connectivity index (χ3v) is 4.17. The Kier molecular flexibility index (Phi) is 9.88. The summed E-state index contributed by atoms with van der Waals surface area (Å²) in [6.45, 7) is 7.90. The van der Waals surface area contributed by atoms with E-state index in [9.17, 15) is 9.59 Å². The summed E-state index contributed by atoms with van der Waals surface area (Å²) in [5.41, 5.74) is 0. The van der Waals surface area contributed by atoms with Gasteiger partial charge in [-0.15, -0.1) is 0 Å². The van der Waals surface area contributed by atoms with E-state index in [0.717, 1.165) is 51.4 Å². The molecule has 0 bridgehead atoms. The minimum atomic E-state index is 0.0562. The van der Waals surface area contributed by atoms with E-state index >= 15 is 0 Å². The van der Waals surface area contributed by atoms with Crippen molar-refractivity contribution in [3.05, 3.63) is 0 Å². The predicted octanol–water partition coefficient (Wildman–Crippen LogP) is 0.716. The van der Waals surface area contributed by atoms with Gasteiger partial charge in [0, 0.05) is 46.1 Å². The number of aliphatic imine (C=N–C) groups is 1. The third kappa shape index (κ3) is 7.66. The molecule has 138 valence electrons. The summed E-state index contributed by atoms with van der Waals surface area (Å²) < 4.78 is 0. The standard InChI is InChI=1S/C17H33N5O2/c1-4-9-20-15(23)6-10-21-17(19-5-2)22-11-7-14(8-12-22)13-16(24)18-3/h14H,4-13H2,1-3H3,(H,18,24)(H,19,21)(H,20,23). The Labute approximate surface area is 145 Å². The molecule has 1 aliphatic heterocycles. The summed E-state index contributed by atoms with van der Waals surface area (Å²) in [6.07, 6.45) is 3.96. The van der Waals surface area contributed by atoms with Crippen LogP contribution in [-0.4, -0.2) is 62.4 Å². The lowest BCUT2D eigenvalue weighted by Gasteiger charge is -2.34. The first kappa shape index (κ1) is 20.3. The first-order chi connectivity index (χ1) is 11.6. The predicted molar refractivity (Wildman–Crippen MR) is 96.9 cm³/mol. The van der Waals surface area contributed by atoms with Crippen molar-refractivity contribution in [2.24, 2.45) is 10.9 Å². The molecule has 0 aromatic carbocycles. The van der Waals surface area contributed by atoms with Crippen LogP contribution >= 0.6 is 0 Å². The highest BCUT2D eigenvalue weighted by Crippen LogP contribution is 2.20. The number of likely N-dealkylation sites (tertiary alicyclic amines) is 1. The summed E-state index contributed by atoms with van der Waals surface area (Å²) in [4.78, 5) is 29.9. The monoisotopic (exact) mass is 339 g/mol. The second-order valence-corrected chi connectivity index (χ2v) is 6.14. The van der Waals surface area contributed by atoms with E-state index in [1.165, 1.54) is 0 Å². The van der Waals surface area contributed by atoms with Crippen molar-refractivity contribution in [3.63, 3.8) is 0 Å². The van der Waals surface area contributed by atoms with E-state index in [1.807, 2.05) is 13.8 Å². The molecule has 1 fully saturated rings. The van der Waals surface area contributed by atoms with Gasteiger partial charge in [0.25, 0.3) is 0 Å². The highest BCUT2D eigenvalue weighted by atomic mass is 16.2. The highest BCUT2D eigenvalue weighted by Gasteiger charge is 2.23. The van der Waals surface area contributed by atoms with Gasteiger partial charge in [0.2, 0.25) is 11.8 Å². The summed E-state index contributed by atoms with van der Waals surface area (Å²) in [5, 5.41) is 8.86. The molecular formula is C17H33N5O2. The van der Waals surface area contributed by atoms with Gasteiger partial charge in [-0.2, -0.15) is 0 Å². The molecule has 24 heavy (non-hydrogen) atoms. The number of nitrogens with one attached hydrogen (secondary N) is 3. The summed E-state index contributed by atoms with van der Waals surface area (Å²) >= 11 is 0. The zero-order valence-corrected chi connectivity index (χ0v) is 15.4. The minimum absolute atomic E-state index is 0.0562. The molecule has 3 N–H and O–H groups in total. The fourth-order valence-electron chi connectivity index (χ4n) is 2.76. The van der Waals surface area contributed by atoms with E-state index < -0.39 is 0 Å². The molecule has 7 heteroatoms. The van der Waals surface area contributed by atoms with E-state index in [-0.39, 0.29) is 11.8 Å². The highest BCUT2D eigenvalue weighted by molar-refractivity contribution is 5.81. The Morgan fingerprint density at radius 3 is 2.42 bits per heavy atom. The zero-order chi connectivity index (χ0) is 17.8. The zero-order valence-electron chi connectivity index (χ0n) is 15.4. The molecule has 0 radical (unpaired) electrons. The van der Waals surface area contributed by atoms with Crippen molar-refractivity contribution >= 4 is 17.8 Å².